The number of benzene rings is 3. The lowest BCUT2D eigenvalue weighted by atomic mass is 10.1. The Labute approximate surface area is 183 Å². The molecule has 0 spiro atoms. The number of nitrogens with two attached hydrogens (primary N) is 1. The van der Waals surface area contributed by atoms with Gasteiger partial charge in [-0.25, -0.2) is 9.37 Å². The number of rotatable bonds is 5. The summed E-state index contributed by atoms with van der Waals surface area (Å²) >= 11 is 6.13. The van der Waals surface area contributed by atoms with Crippen LogP contribution >= 0.6 is 11.6 Å². The van der Waals surface area contributed by atoms with Crippen molar-refractivity contribution in [2.45, 2.75) is 6.92 Å². The summed E-state index contributed by atoms with van der Waals surface area (Å²) < 4.78 is 19.5. The van der Waals surface area contributed by atoms with Crippen molar-refractivity contribution in [1.82, 2.24) is 4.98 Å². The van der Waals surface area contributed by atoms with E-state index in [0.717, 1.165) is 10.9 Å². The summed E-state index contributed by atoms with van der Waals surface area (Å²) in [6, 6.07) is 18.7. The number of nitrogens with zero attached hydrogens (tertiary/aromatic N) is 1. The average Bonchev–Trinajstić information content (AvgIpc) is 2.73. The second kappa shape index (κ2) is 8.53. The van der Waals surface area contributed by atoms with E-state index in [9.17, 15) is 9.50 Å². The highest BCUT2D eigenvalue weighted by atomic mass is 35.5. The summed E-state index contributed by atoms with van der Waals surface area (Å²) in [7, 11) is 0. The van der Waals surface area contributed by atoms with Crippen LogP contribution in [0.15, 0.2) is 72.9 Å². The SMILES string of the molecule is Cc1cc(Cl)cc(Oc2cccc3nc(/C(N)=C/Nc4ccc(O)c(F)c4)ccc23)c1. The van der Waals surface area contributed by atoms with Gasteiger partial charge in [-0.15, -0.1) is 0 Å². The maximum atomic E-state index is 13.5. The molecule has 0 amide bonds. The molecular formula is C24H19ClFN3O2. The molecule has 0 bridgehead atoms. The van der Waals surface area contributed by atoms with Crippen molar-refractivity contribution in [3.8, 4) is 17.2 Å². The minimum Gasteiger partial charge on any atom is -0.505 e. The van der Waals surface area contributed by atoms with Crippen LogP contribution in [0.5, 0.6) is 17.2 Å². The van der Waals surface area contributed by atoms with Crippen molar-refractivity contribution >= 4 is 33.9 Å². The summed E-state index contributed by atoms with van der Waals surface area (Å²) in [5.74, 6) is 0.165. The number of hydrogen-bond acceptors (Lipinski definition) is 5. The van der Waals surface area contributed by atoms with Crippen LogP contribution in [0.1, 0.15) is 11.3 Å². The summed E-state index contributed by atoms with van der Waals surface area (Å²) in [6.45, 7) is 1.95. The number of phenols is 1. The number of nitrogens with one attached hydrogen (secondary N) is 1. The van der Waals surface area contributed by atoms with Gasteiger partial charge in [0.05, 0.1) is 16.9 Å². The molecule has 1 heterocycles. The van der Waals surface area contributed by atoms with Gasteiger partial charge in [-0.2, -0.15) is 0 Å². The van der Waals surface area contributed by atoms with Crippen molar-refractivity contribution in [3.05, 3.63) is 95.0 Å². The smallest absolute Gasteiger partial charge is 0.166 e. The quantitative estimate of drug-likeness (QED) is 0.325. The highest BCUT2D eigenvalue weighted by Gasteiger charge is 2.08. The maximum absolute atomic E-state index is 13.5. The maximum Gasteiger partial charge on any atom is 0.166 e. The normalized spacial score (nSPS) is 11.5. The Kier molecular flexibility index (Phi) is 5.64. The number of aromatic nitrogens is 1. The van der Waals surface area contributed by atoms with Crippen LogP contribution in [0.3, 0.4) is 0 Å². The first kappa shape index (κ1) is 20.5. The molecule has 0 aliphatic rings. The molecule has 156 valence electrons. The van der Waals surface area contributed by atoms with E-state index >= 15 is 0 Å². The van der Waals surface area contributed by atoms with Crippen molar-refractivity contribution in [1.29, 1.82) is 0 Å². The minimum absolute atomic E-state index is 0.368. The molecule has 0 saturated heterocycles. The van der Waals surface area contributed by atoms with Gasteiger partial charge in [0.25, 0.3) is 0 Å². The summed E-state index contributed by atoms with van der Waals surface area (Å²) in [4.78, 5) is 4.60. The van der Waals surface area contributed by atoms with E-state index in [2.05, 4.69) is 10.3 Å². The fourth-order valence-electron chi connectivity index (χ4n) is 3.10. The Balaban J connectivity index is 1.60. The number of aromatic hydroxyl groups is 1. The van der Waals surface area contributed by atoms with Gasteiger partial charge in [-0.05, 0) is 67.1 Å². The third-order valence-corrected chi connectivity index (χ3v) is 4.79. The van der Waals surface area contributed by atoms with E-state index in [1.54, 1.807) is 12.1 Å². The number of aryl methyl sites for hydroxylation is 1. The van der Waals surface area contributed by atoms with Crippen LogP contribution in [-0.4, -0.2) is 10.1 Å². The van der Waals surface area contributed by atoms with Crippen LogP contribution in [-0.2, 0) is 0 Å². The predicted molar refractivity (Wildman–Crippen MR) is 122 cm³/mol. The average molecular weight is 436 g/mol. The lowest BCUT2D eigenvalue weighted by molar-refractivity contribution is 0.432. The van der Waals surface area contributed by atoms with E-state index in [1.165, 1.54) is 24.4 Å². The van der Waals surface area contributed by atoms with Gasteiger partial charge in [0.2, 0.25) is 0 Å². The molecule has 0 radical (unpaired) electrons. The van der Waals surface area contributed by atoms with Crippen LogP contribution in [0, 0.1) is 12.7 Å². The third kappa shape index (κ3) is 4.70. The summed E-state index contributed by atoms with van der Waals surface area (Å²) in [5.41, 5.74) is 9.22. The Hall–Kier alpha value is -3.77. The van der Waals surface area contributed by atoms with E-state index in [0.29, 0.717) is 39.1 Å². The van der Waals surface area contributed by atoms with Gasteiger partial charge in [-0.3, -0.25) is 0 Å². The topological polar surface area (TPSA) is 80.4 Å². The van der Waals surface area contributed by atoms with Crippen molar-refractivity contribution in [2.24, 2.45) is 5.73 Å². The van der Waals surface area contributed by atoms with Gasteiger partial charge >= 0.3 is 0 Å². The Morgan fingerprint density at radius 2 is 1.97 bits per heavy atom. The number of pyridine rings is 1. The molecular weight excluding hydrogens is 417 g/mol. The van der Waals surface area contributed by atoms with E-state index in [1.807, 2.05) is 43.3 Å². The molecule has 31 heavy (non-hydrogen) atoms. The zero-order valence-corrected chi connectivity index (χ0v) is 17.3. The molecule has 0 unspecified atom stereocenters. The Morgan fingerprint density at radius 1 is 1.13 bits per heavy atom. The van der Waals surface area contributed by atoms with Gasteiger partial charge in [-0.1, -0.05) is 17.7 Å². The Bertz CT molecular complexity index is 1290. The molecule has 0 fully saturated rings. The largest absolute Gasteiger partial charge is 0.505 e. The molecule has 4 aromatic rings. The number of hydrogen-bond donors (Lipinski definition) is 3. The molecule has 0 atom stereocenters. The highest BCUT2D eigenvalue weighted by molar-refractivity contribution is 6.30. The number of phenolic OH excluding ortho intramolecular Hbond substituents is 1. The molecule has 0 aliphatic heterocycles. The second-order valence-electron chi connectivity index (χ2n) is 7.00. The Morgan fingerprint density at radius 3 is 2.74 bits per heavy atom. The zero-order chi connectivity index (χ0) is 22.0. The fraction of sp³-hybridized carbons (Fsp3) is 0.0417. The van der Waals surface area contributed by atoms with Crippen molar-refractivity contribution < 1.29 is 14.2 Å². The standard InChI is InChI=1S/C24H19ClFN3O2/c1-14-9-15(25)11-17(10-14)31-24-4-2-3-21-18(24)6-7-22(29-21)20(27)13-28-16-5-8-23(30)19(26)12-16/h2-13,28,30H,27H2,1H3/b20-13-. The number of ether oxygens (including phenoxy) is 1. The monoisotopic (exact) mass is 435 g/mol. The third-order valence-electron chi connectivity index (χ3n) is 4.57. The molecule has 4 rings (SSSR count). The minimum atomic E-state index is -0.719. The van der Waals surface area contributed by atoms with E-state index in [-0.39, 0.29) is 0 Å². The molecule has 5 nitrogen and oxygen atoms in total. The van der Waals surface area contributed by atoms with Crippen LogP contribution in [0.25, 0.3) is 16.6 Å². The summed E-state index contributed by atoms with van der Waals surface area (Å²) in [6.07, 6.45) is 1.52. The molecule has 1 aromatic heterocycles. The van der Waals surface area contributed by atoms with Gasteiger partial charge in [0, 0.05) is 28.4 Å². The zero-order valence-electron chi connectivity index (χ0n) is 16.6. The molecule has 0 aliphatic carbocycles. The second-order valence-corrected chi connectivity index (χ2v) is 7.43. The molecule has 3 aromatic carbocycles. The van der Waals surface area contributed by atoms with Crippen LogP contribution < -0.4 is 15.8 Å². The lowest BCUT2D eigenvalue weighted by Gasteiger charge is -2.11. The highest BCUT2D eigenvalue weighted by Crippen LogP contribution is 2.31. The van der Waals surface area contributed by atoms with Crippen LogP contribution in [0.4, 0.5) is 10.1 Å². The van der Waals surface area contributed by atoms with E-state index in [4.69, 9.17) is 22.1 Å². The van der Waals surface area contributed by atoms with Gasteiger partial charge in [0.15, 0.2) is 11.6 Å². The fourth-order valence-corrected chi connectivity index (χ4v) is 3.38. The van der Waals surface area contributed by atoms with Gasteiger partial charge < -0.3 is 20.9 Å². The summed E-state index contributed by atoms with van der Waals surface area (Å²) in [5, 5.41) is 13.6. The number of fused-ring (bicyclic) bond motifs is 1. The first-order valence-electron chi connectivity index (χ1n) is 9.45. The van der Waals surface area contributed by atoms with E-state index < -0.39 is 11.6 Å². The molecule has 0 saturated carbocycles. The van der Waals surface area contributed by atoms with Crippen molar-refractivity contribution in [2.75, 3.05) is 5.32 Å². The lowest BCUT2D eigenvalue weighted by Crippen LogP contribution is -2.03. The van der Waals surface area contributed by atoms with Crippen LogP contribution in [0.2, 0.25) is 5.02 Å². The first-order chi connectivity index (χ1) is 14.9. The molecule has 4 N–H and O–H groups in total. The van der Waals surface area contributed by atoms with Crippen molar-refractivity contribution in [3.63, 3.8) is 0 Å². The number of halogens is 2. The first-order valence-corrected chi connectivity index (χ1v) is 9.83. The molecule has 7 heteroatoms. The number of anilines is 1. The predicted octanol–water partition coefficient (Wildman–Crippen LogP) is 6.20. The van der Waals surface area contributed by atoms with Gasteiger partial charge in [0.1, 0.15) is 11.5 Å².